The smallest absolute Gasteiger partial charge is 0.0462 e. The van der Waals surface area contributed by atoms with Crippen molar-refractivity contribution in [3.05, 3.63) is 34.9 Å². The van der Waals surface area contributed by atoms with Crippen LogP contribution in [-0.2, 0) is 24.0 Å². The Kier molecular flexibility index (Phi) is 5.73. The third kappa shape index (κ3) is 3.84. The molecule has 1 aliphatic carbocycles. The minimum atomic E-state index is 0.917. The van der Waals surface area contributed by atoms with Gasteiger partial charge in [-0.15, -0.1) is 0 Å². The fourth-order valence-corrected chi connectivity index (χ4v) is 3.01. The number of unbranched alkanes of at least 4 members (excludes halogenated alkanes) is 3. The van der Waals surface area contributed by atoms with Gasteiger partial charge >= 0.3 is 0 Å². The van der Waals surface area contributed by atoms with Crippen LogP contribution < -0.4 is 0 Å². The molecule has 1 aliphatic rings. The van der Waals surface area contributed by atoms with Crippen LogP contribution in [0, 0.1) is 0 Å². The van der Waals surface area contributed by atoms with E-state index >= 15 is 0 Å². The predicted molar refractivity (Wildman–Crippen MR) is 77.1 cm³/mol. The largest absolute Gasteiger partial charge is 0.385 e. The van der Waals surface area contributed by atoms with Crippen molar-refractivity contribution in [3.63, 3.8) is 0 Å². The zero-order chi connectivity index (χ0) is 12.6. The van der Waals surface area contributed by atoms with Crippen LogP contribution in [0.15, 0.2) is 18.2 Å². The van der Waals surface area contributed by atoms with E-state index in [0.717, 1.165) is 6.61 Å². The van der Waals surface area contributed by atoms with Crippen molar-refractivity contribution >= 4 is 0 Å². The first-order valence-corrected chi connectivity index (χ1v) is 7.50. The zero-order valence-corrected chi connectivity index (χ0v) is 11.7. The van der Waals surface area contributed by atoms with E-state index in [1.54, 1.807) is 23.8 Å². The summed E-state index contributed by atoms with van der Waals surface area (Å²) in [6, 6.07) is 6.93. The lowest BCUT2D eigenvalue weighted by atomic mass is 9.86. The van der Waals surface area contributed by atoms with Gasteiger partial charge in [0.2, 0.25) is 0 Å². The second-order valence-corrected chi connectivity index (χ2v) is 5.42. The van der Waals surface area contributed by atoms with E-state index in [1.165, 1.54) is 57.8 Å². The monoisotopic (exact) mass is 246 g/mol. The summed E-state index contributed by atoms with van der Waals surface area (Å²) in [5.41, 5.74) is 4.93. The lowest BCUT2D eigenvalue weighted by Gasteiger charge is -2.19. The molecule has 0 amide bonds. The van der Waals surface area contributed by atoms with Crippen molar-refractivity contribution in [2.45, 2.75) is 57.8 Å². The van der Waals surface area contributed by atoms with Crippen LogP contribution >= 0.6 is 0 Å². The normalized spacial score (nSPS) is 14.5. The first-order valence-electron chi connectivity index (χ1n) is 7.50. The van der Waals surface area contributed by atoms with E-state index < -0.39 is 0 Å². The summed E-state index contributed by atoms with van der Waals surface area (Å²) in [5.74, 6) is 0. The second kappa shape index (κ2) is 7.58. The Balaban J connectivity index is 1.79. The van der Waals surface area contributed by atoms with Crippen LogP contribution in [0.3, 0.4) is 0 Å². The molecule has 0 heterocycles. The van der Waals surface area contributed by atoms with Crippen molar-refractivity contribution in [3.8, 4) is 0 Å². The van der Waals surface area contributed by atoms with Gasteiger partial charge in [-0.1, -0.05) is 31.0 Å². The molecule has 1 aromatic rings. The highest BCUT2D eigenvalue weighted by molar-refractivity contribution is 5.37. The Morgan fingerprint density at radius 3 is 2.72 bits per heavy atom. The second-order valence-electron chi connectivity index (χ2n) is 5.42. The van der Waals surface area contributed by atoms with Crippen LogP contribution in [0.2, 0.25) is 0 Å². The summed E-state index contributed by atoms with van der Waals surface area (Å²) in [6.07, 6.45) is 11.9. The highest BCUT2D eigenvalue weighted by atomic mass is 16.5. The summed E-state index contributed by atoms with van der Waals surface area (Å²) < 4.78 is 5.08. The molecule has 2 rings (SSSR count). The minimum absolute atomic E-state index is 0.917. The maximum Gasteiger partial charge on any atom is 0.0462 e. The minimum Gasteiger partial charge on any atom is -0.385 e. The molecule has 1 heteroatoms. The molecule has 0 aromatic heterocycles. The molecule has 0 radical (unpaired) electrons. The molecule has 0 unspecified atom stereocenters. The average molecular weight is 246 g/mol. The Morgan fingerprint density at radius 2 is 1.83 bits per heavy atom. The number of benzene rings is 1. The maximum atomic E-state index is 5.08. The predicted octanol–water partition coefficient (Wildman–Crippen LogP) is 4.31. The van der Waals surface area contributed by atoms with Gasteiger partial charge in [0.1, 0.15) is 0 Å². The summed E-state index contributed by atoms with van der Waals surface area (Å²) in [7, 11) is 1.79. The van der Waals surface area contributed by atoms with Gasteiger partial charge in [-0.25, -0.2) is 0 Å². The van der Waals surface area contributed by atoms with Crippen LogP contribution in [0.1, 0.15) is 55.2 Å². The molecule has 0 spiro atoms. The molecule has 1 nitrogen and oxygen atoms in total. The summed E-state index contributed by atoms with van der Waals surface area (Å²) in [6.45, 7) is 0.917. The van der Waals surface area contributed by atoms with Crippen LogP contribution in [-0.4, -0.2) is 13.7 Å². The van der Waals surface area contributed by atoms with E-state index in [-0.39, 0.29) is 0 Å². The molecule has 0 fully saturated rings. The summed E-state index contributed by atoms with van der Waals surface area (Å²) in [4.78, 5) is 0. The first kappa shape index (κ1) is 13.6. The highest BCUT2D eigenvalue weighted by Crippen LogP contribution is 2.25. The van der Waals surface area contributed by atoms with Crippen LogP contribution in [0.5, 0.6) is 0 Å². The topological polar surface area (TPSA) is 9.23 Å². The van der Waals surface area contributed by atoms with Gasteiger partial charge in [0.05, 0.1) is 0 Å². The van der Waals surface area contributed by atoms with Crippen molar-refractivity contribution in [1.29, 1.82) is 0 Å². The van der Waals surface area contributed by atoms with E-state index in [9.17, 15) is 0 Å². The molecule has 18 heavy (non-hydrogen) atoms. The Bertz CT molecular complexity index is 357. The molecule has 0 bridgehead atoms. The number of hydrogen-bond acceptors (Lipinski definition) is 1. The third-order valence-electron chi connectivity index (χ3n) is 4.04. The van der Waals surface area contributed by atoms with Gasteiger partial charge in [-0.3, -0.25) is 0 Å². The Hall–Kier alpha value is -0.820. The number of methoxy groups -OCH3 is 1. The number of aryl methyl sites for hydroxylation is 2. The van der Waals surface area contributed by atoms with Gasteiger partial charge < -0.3 is 4.74 Å². The fourth-order valence-electron chi connectivity index (χ4n) is 3.01. The third-order valence-corrected chi connectivity index (χ3v) is 4.04. The van der Waals surface area contributed by atoms with E-state index in [2.05, 4.69) is 18.2 Å². The molecular formula is C17H26O. The number of hydrogen-bond donors (Lipinski definition) is 0. The van der Waals surface area contributed by atoms with Gasteiger partial charge in [-0.2, -0.15) is 0 Å². The van der Waals surface area contributed by atoms with Crippen molar-refractivity contribution in [2.75, 3.05) is 13.7 Å². The van der Waals surface area contributed by atoms with E-state index in [1.807, 2.05) is 0 Å². The quantitative estimate of drug-likeness (QED) is 0.651. The van der Waals surface area contributed by atoms with Crippen LogP contribution in [0.4, 0.5) is 0 Å². The number of rotatable bonds is 7. The summed E-state index contributed by atoms with van der Waals surface area (Å²) >= 11 is 0. The Labute approximate surface area is 112 Å². The van der Waals surface area contributed by atoms with Crippen molar-refractivity contribution in [2.24, 2.45) is 0 Å². The lowest BCUT2D eigenvalue weighted by Crippen LogP contribution is -2.06. The van der Waals surface area contributed by atoms with Gasteiger partial charge in [0.25, 0.3) is 0 Å². The van der Waals surface area contributed by atoms with E-state index in [4.69, 9.17) is 4.74 Å². The van der Waals surface area contributed by atoms with Crippen molar-refractivity contribution < 1.29 is 4.74 Å². The average Bonchev–Trinajstić information content (AvgIpc) is 2.43. The summed E-state index contributed by atoms with van der Waals surface area (Å²) in [5, 5.41) is 0. The fraction of sp³-hybridized carbons (Fsp3) is 0.647. The molecule has 0 saturated heterocycles. The maximum absolute atomic E-state index is 5.08. The SMILES string of the molecule is COCCCCCCc1cccc2c1CCCC2. The van der Waals surface area contributed by atoms with Gasteiger partial charge in [0.15, 0.2) is 0 Å². The lowest BCUT2D eigenvalue weighted by molar-refractivity contribution is 0.192. The standard InChI is InChI=1S/C17H26O/c1-18-14-7-3-2-4-9-15-11-8-12-16-10-5-6-13-17(15)16/h8,11-12H,2-7,9-10,13-14H2,1H3. The Morgan fingerprint density at radius 1 is 1.00 bits per heavy atom. The zero-order valence-electron chi connectivity index (χ0n) is 11.7. The number of ether oxygens (including phenoxy) is 1. The highest BCUT2D eigenvalue weighted by Gasteiger charge is 2.12. The molecule has 0 saturated carbocycles. The first-order chi connectivity index (χ1) is 8.92. The van der Waals surface area contributed by atoms with Crippen LogP contribution in [0.25, 0.3) is 0 Å². The molecule has 0 atom stereocenters. The molecule has 1 aromatic carbocycles. The van der Waals surface area contributed by atoms with Gasteiger partial charge in [0, 0.05) is 13.7 Å². The van der Waals surface area contributed by atoms with Gasteiger partial charge in [-0.05, 0) is 61.6 Å². The van der Waals surface area contributed by atoms with Crippen molar-refractivity contribution in [1.82, 2.24) is 0 Å². The molecule has 100 valence electrons. The molecule has 0 N–H and O–H groups in total. The number of fused-ring (bicyclic) bond motifs is 1. The molecular weight excluding hydrogens is 220 g/mol. The van der Waals surface area contributed by atoms with E-state index in [0.29, 0.717) is 0 Å². The molecule has 0 aliphatic heterocycles.